The molecule has 0 saturated carbocycles. The van der Waals surface area contributed by atoms with Crippen LogP contribution in [0.1, 0.15) is 18.4 Å². The highest BCUT2D eigenvalue weighted by Gasteiger charge is 2.23. The second-order valence-electron chi connectivity index (χ2n) is 6.66. The topological polar surface area (TPSA) is 55.6 Å². The van der Waals surface area contributed by atoms with Crippen molar-refractivity contribution in [3.05, 3.63) is 58.1 Å². The van der Waals surface area contributed by atoms with E-state index in [1.54, 1.807) is 18.2 Å². The molecule has 6 heteroatoms. The number of carbonyl (C=O) groups excluding carboxylic acids is 1. The van der Waals surface area contributed by atoms with Crippen LogP contribution >= 0.6 is 23.2 Å². The summed E-state index contributed by atoms with van der Waals surface area (Å²) in [6, 6.07) is 12.7. The van der Waals surface area contributed by atoms with Crippen LogP contribution in [0.4, 0.5) is 5.69 Å². The van der Waals surface area contributed by atoms with E-state index >= 15 is 0 Å². The molecule has 1 fully saturated rings. The van der Waals surface area contributed by atoms with Gasteiger partial charge < -0.3 is 15.4 Å². The van der Waals surface area contributed by atoms with Crippen molar-refractivity contribution in [1.82, 2.24) is 4.90 Å². The Balaban J connectivity index is 1.44. The zero-order valence-electron chi connectivity index (χ0n) is 14.5. The first-order valence-corrected chi connectivity index (χ1v) is 9.46. The highest BCUT2D eigenvalue weighted by atomic mass is 35.5. The smallest absolute Gasteiger partial charge is 0.226 e. The van der Waals surface area contributed by atoms with Crippen molar-refractivity contribution in [2.75, 3.05) is 25.4 Å². The minimum atomic E-state index is 0.163. The van der Waals surface area contributed by atoms with E-state index in [-0.39, 0.29) is 5.91 Å². The molecule has 4 nitrogen and oxygen atoms in total. The Labute approximate surface area is 163 Å². The van der Waals surface area contributed by atoms with Gasteiger partial charge in [0.1, 0.15) is 5.75 Å². The molecular formula is C20H22Cl2N2O2. The largest absolute Gasteiger partial charge is 0.493 e. The Morgan fingerprint density at radius 2 is 1.69 bits per heavy atom. The summed E-state index contributed by atoms with van der Waals surface area (Å²) in [5.41, 5.74) is 7.38. The molecule has 0 spiro atoms. The third-order valence-electron chi connectivity index (χ3n) is 4.62. The lowest BCUT2D eigenvalue weighted by molar-refractivity contribution is -0.132. The number of hydrogen-bond donors (Lipinski definition) is 1. The highest BCUT2D eigenvalue weighted by molar-refractivity contribution is 6.34. The van der Waals surface area contributed by atoms with E-state index in [1.165, 1.54) is 0 Å². The first-order chi connectivity index (χ1) is 12.5. The van der Waals surface area contributed by atoms with E-state index in [9.17, 15) is 4.79 Å². The predicted octanol–water partition coefficient (Wildman–Crippen LogP) is 4.44. The van der Waals surface area contributed by atoms with Crippen LogP contribution in [0.25, 0.3) is 0 Å². The zero-order chi connectivity index (χ0) is 18.5. The molecule has 1 heterocycles. The number of nitrogens with two attached hydrogens (primary N) is 1. The van der Waals surface area contributed by atoms with E-state index in [2.05, 4.69) is 0 Å². The van der Waals surface area contributed by atoms with Crippen LogP contribution in [-0.4, -0.2) is 30.5 Å². The lowest BCUT2D eigenvalue weighted by atomic mass is 9.97. The van der Waals surface area contributed by atoms with Gasteiger partial charge in [-0.25, -0.2) is 0 Å². The highest BCUT2D eigenvalue weighted by Crippen LogP contribution is 2.26. The van der Waals surface area contributed by atoms with E-state index in [4.69, 9.17) is 33.7 Å². The number of benzene rings is 2. The average molecular weight is 393 g/mol. The Hall–Kier alpha value is -1.91. The first-order valence-electron chi connectivity index (χ1n) is 8.70. The molecule has 0 aromatic heterocycles. The van der Waals surface area contributed by atoms with E-state index in [1.807, 2.05) is 29.2 Å². The van der Waals surface area contributed by atoms with Crippen LogP contribution in [0.5, 0.6) is 5.75 Å². The molecule has 1 aliphatic heterocycles. The molecule has 3 rings (SSSR count). The maximum atomic E-state index is 12.4. The Bertz CT molecular complexity index is 737. The number of carbonyl (C=O) groups is 1. The van der Waals surface area contributed by atoms with Crippen LogP contribution in [0.3, 0.4) is 0 Å². The third kappa shape index (κ3) is 5.29. The standard InChI is InChI=1S/C20H22Cl2N2O2/c21-16-10-17(22)12-19(11-16)26-13-15-5-7-24(8-6-15)20(25)9-14-1-3-18(23)4-2-14/h1-4,10-12,15H,5-9,13,23H2. The lowest BCUT2D eigenvalue weighted by Gasteiger charge is -2.32. The third-order valence-corrected chi connectivity index (χ3v) is 5.06. The van der Waals surface area contributed by atoms with Gasteiger partial charge in [-0.15, -0.1) is 0 Å². The fourth-order valence-corrected chi connectivity index (χ4v) is 3.60. The Kier molecular flexibility index (Phi) is 6.28. The van der Waals surface area contributed by atoms with Crippen molar-refractivity contribution in [2.45, 2.75) is 19.3 Å². The van der Waals surface area contributed by atoms with Gasteiger partial charge in [0.2, 0.25) is 5.91 Å². The van der Waals surface area contributed by atoms with Crippen LogP contribution in [-0.2, 0) is 11.2 Å². The molecule has 0 radical (unpaired) electrons. The van der Waals surface area contributed by atoms with Crippen LogP contribution in [0.2, 0.25) is 10.0 Å². The number of amides is 1. The van der Waals surface area contributed by atoms with Crippen molar-refractivity contribution < 1.29 is 9.53 Å². The lowest BCUT2D eigenvalue weighted by Crippen LogP contribution is -2.40. The van der Waals surface area contributed by atoms with E-state index < -0.39 is 0 Å². The molecule has 2 N–H and O–H groups in total. The molecule has 26 heavy (non-hydrogen) atoms. The number of hydrogen-bond acceptors (Lipinski definition) is 3. The molecular weight excluding hydrogens is 371 g/mol. The summed E-state index contributed by atoms with van der Waals surface area (Å²) >= 11 is 12.0. The van der Waals surface area contributed by atoms with Crippen LogP contribution in [0, 0.1) is 5.92 Å². The van der Waals surface area contributed by atoms with Crippen molar-refractivity contribution in [1.29, 1.82) is 0 Å². The molecule has 1 saturated heterocycles. The normalized spacial score (nSPS) is 15.1. The number of nitrogens with zero attached hydrogens (tertiary/aromatic N) is 1. The second kappa shape index (κ2) is 8.65. The van der Waals surface area contributed by atoms with Gasteiger partial charge in [0.15, 0.2) is 0 Å². The van der Waals surface area contributed by atoms with Crippen molar-refractivity contribution in [3.8, 4) is 5.75 Å². The van der Waals surface area contributed by atoms with E-state index in [0.717, 1.165) is 31.5 Å². The minimum Gasteiger partial charge on any atom is -0.493 e. The predicted molar refractivity (Wildman–Crippen MR) is 106 cm³/mol. The summed E-state index contributed by atoms with van der Waals surface area (Å²) in [5.74, 6) is 1.27. The van der Waals surface area contributed by atoms with Gasteiger partial charge in [-0.05, 0) is 54.7 Å². The summed E-state index contributed by atoms with van der Waals surface area (Å²) in [7, 11) is 0. The number of anilines is 1. The SMILES string of the molecule is Nc1ccc(CC(=O)N2CCC(COc3cc(Cl)cc(Cl)c3)CC2)cc1. The number of likely N-dealkylation sites (tertiary alicyclic amines) is 1. The number of piperidine rings is 1. The number of rotatable bonds is 5. The number of nitrogen functional groups attached to an aromatic ring is 1. The van der Waals surface area contributed by atoms with Gasteiger partial charge in [0, 0.05) is 28.8 Å². The van der Waals surface area contributed by atoms with Crippen LogP contribution < -0.4 is 10.5 Å². The average Bonchev–Trinajstić information content (AvgIpc) is 2.61. The molecule has 0 bridgehead atoms. The minimum absolute atomic E-state index is 0.163. The van der Waals surface area contributed by atoms with E-state index in [0.29, 0.717) is 40.4 Å². The summed E-state index contributed by atoms with van der Waals surface area (Å²) in [4.78, 5) is 14.4. The summed E-state index contributed by atoms with van der Waals surface area (Å²) in [6.45, 7) is 2.13. The van der Waals surface area contributed by atoms with Gasteiger partial charge in [0.25, 0.3) is 0 Å². The fourth-order valence-electron chi connectivity index (χ4n) is 3.10. The molecule has 1 amide bonds. The number of ether oxygens (including phenoxy) is 1. The zero-order valence-corrected chi connectivity index (χ0v) is 16.0. The monoisotopic (exact) mass is 392 g/mol. The van der Waals surface area contributed by atoms with Gasteiger partial charge >= 0.3 is 0 Å². The fraction of sp³-hybridized carbons (Fsp3) is 0.350. The summed E-state index contributed by atoms with van der Waals surface area (Å²) < 4.78 is 5.83. The van der Waals surface area contributed by atoms with Gasteiger partial charge in [-0.1, -0.05) is 35.3 Å². The van der Waals surface area contributed by atoms with Crippen LogP contribution in [0.15, 0.2) is 42.5 Å². The quantitative estimate of drug-likeness (QED) is 0.765. The summed E-state index contributed by atoms with van der Waals surface area (Å²) in [5, 5.41) is 1.13. The van der Waals surface area contributed by atoms with Crippen molar-refractivity contribution in [2.24, 2.45) is 5.92 Å². The molecule has 1 aliphatic rings. The van der Waals surface area contributed by atoms with Crippen molar-refractivity contribution in [3.63, 3.8) is 0 Å². The summed E-state index contributed by atoms with van der Waals surface area (Å²) in [6.07, 6.45) is 2.28. The Morgan fingerprint density at radius 1 is 1.08 bits per heavy atom. The van der Waals surface area contributed by atoms with Gasteiger partial charge in [0.05, 0.1) is 13.0 Å². The molecule has 0 atom stereocenters. The molecule has 2 aromatic rings. The van der Waals surface area contributed by atoms with Crippen molar-refractivity contribution >= 4 is 34.8 Å². The maximum Gasteiger partial charge on any atom is 0.226 e. The molecule has 138 valence electrons. The Morgan fingerprint density at radius 3 is 2.31 bits per heavy atom. The number of halogens is 2. The van der Waals surface area contributed by atoms with Gasteiger partial charge in [-0.2, -0.15) is 0 Å². The molecule has 2 aromatic carbocycles. The second-order valence-corrected chi connectivity index (χ2v) is 7.53. The first kappa shape index (κ1) is 18.9. The maximum absolute atomic E-state index is 12.4. The molecule has 0 unspecified atom stereocenters. The van der Waals surface area contributed by atoms with Gasteiger partial charge in [-0.3, -0.25) is 4.79 Å². The molecule has 0 aliphatic carbocycles.